The molecule has 0 atom stereocenters. The minimum absolute atomic E-state index is 0.0104. The number of nitrogens with zero attached hydrogens (tertiary/aromatic N) is 2. The Morgan fingerprint density at radius 1 is 1.33 bits per heavy atom. The molecule has 18 heavy (non-hydrogen) atoms. The van der Waals surface area contributed by atoms with Crippen molar-refractivity contribution < 1.29 is 4.79 Å². The number of nitriles is 1. The van der Waals surface area contributed by atoms with Crippen molar-refractivity contribution in [2.75, 3.05) is 20.1 Å². The molecule has 0 bridgehead atoms. The standard InChI is InChI=1S/C14H23N3O/c1-16-12-2-5-14(6-3-12)7-10-17(11-8-14)13(18)4-9-15/h12,16H,2-8,10-11H2,1H3. The van der Waals surface area contributed by atoms with Gasteiger partial charge in [0.2, 0.25) is 5.91 Å². The maximum absolute atomic E-state index is 11.7. The van der Waals surface area contributed by atoms with Gasteiger partial charge < -0.3 is 10.2 Å². The zero-order valence-corrected chi connectivity index (χ0v) is 11.2. The van der Waals surface area contributed by atoms with Crippen molar-refractivity contribution in [2.45, 2.75) is 51.0 Å². The van der Waals surface area contributed by atoms with Gasteiger partial charge in [-0.3, -0.25) is 4.79 Å². The van der Waals surface area contributed by atoms with Gasteiger partial charge in [-0.05, 0) is 51.0 Å². The van der Waals surface area contributed by atoms with Crippen LogP contribution in [0.25, 0.3) is 0 Å². The lowest BCUT2D eigenvalue weighted by Crippen LogP contribution is -2.46. The van der Waals surface area contributed by atoms with Gasteiger partial charge in [-0.15, -0.1) is 0 Å². The van der Waals surface area contributed by atoms with E-state index in [-0.39, 0.29) is 12.3 Å². The van der Waals surface area contributed by atoms with Gasteiger partial charge in [0.15, 0.2) is 0 Å². The molecule has 100 valence electrons. The van der Waals surface area contributed by atoms with Crippen molar-refractivity contribution in [1.82, 2.24) is 10.2 Å². The Labute approximate surface area is 109 Å². The van der Waals surface area contributed by atoms with Gasteiger partial charge in [-0.1, -0.05) is 0 Å². The first-order valence-corrected chi connectivity index (χ1v) is 7.01. The number of nitrogens with one attached hydrogen (secondary N) is 1. The molecule has 0 radical (unpaired) electrons. The highest BCUT2D eigenvalue weighted by Crippen LogP contribution is 2.44. The molecule has 1 spiro atoms. The number of rotatable bonds is 2. The molecule has 0 aromatic carbocycles. The van der Waals surface area contributed by atoms with Crippen molar-refractivity contribution in [1.29, 1.82) is 5.26 Å². The first-order valence-electron chi connectivity index (χ1n) is 7.01. The lowest BCUT2D eigenvalue weighted by molar-refractivity contribution is -0.132. The van der Waals surface area contributed by atoms with Crippen LogP contribution in [0.2, 0.25) is 0 Å². The molecule has 1 amide bonds. The van der Waals surface area contributed by atoms with Crippen molar-refractivity contribution in [3.63, 3.8) is 0 Å². The van der Waals surface area contributed by atoms with E-state index in [2.05, 4.69) is 5.32 Å². The molecule has 2 aliphatic rings. The number of hydrogen-bond donors (Lipinski definition) is 1. The molecule has 2 rings (SSSR count). The van der Waals surface area contributed by atoms with Crippen LogP contribution >= 0.6 is 0 Å². The van der Waals surface area contributed by atoms with Gasteiger partial charge in [-0.2, -0.15) is 5.26 Å². The normalized spacial score (nSPS) is 23.9. The third-order valence-electron chi connectivity index (χ3n) is 4.86. The van der Waals surface area contributed by atoms with E-state index in [1.165, 1.54) is 25.7 Å². The predicted octanol–water partition coefficient (Wildman–Crippen LogP) is 1.67. The zero-order valence-electron chi connectivity index (χ0n) is 11.2. The smallest absolute Gasteiger partial charge is 0.236 e. The first-order chi connectivity index (χ1) is 8.69. The fourth-order valence-corrected chi connectivity index (χ4v) is 3.43. The average molecular weight is 249 g/mol. The predicted molar refractivity (Wildman–Crippen MR) is 69.8 cm³/mol. The highest BCUT2D eigenvalue weighted by Gasteiger charge is 2.38. The minimum Gasteiger partial charge on any atom is -0.342 e. The van der Waals surface area contributed by atoms with E-state index in [9.17, 15) is 4.79 Å². The van der Waals surface area contributed by atoms with Gasteiger partial charge >= 0.3 is 0 Å². The number of carbonyl (C=O) groups excluding carboxylic acids is 1. The molecule has 1 heterocycles. The first kappa shape index (κ1) is 13.4. The highest BCUT2D eigenvalue weighted by atomic mass is 16.2. The van der Waals surface area contributed by atoms with Crippen LogP contribution in [0.5, 0.6) is 0 Å². The van der Waals surface area contributed by atoms with Crippen LogP contribution in [0.15, 0.2) is 0 Å². The average Bonchev–Trinajstić information content (AvgIpc) is 2.41. The topological polar surface area (TPSA) is 56.1 Å². The SMILES string of the molecule is CNC1CCC2(CC1)CCN(C(=O)CC#N)CC2. The Balaban J connectivity index is 1.83. The molecule has 0 unspecified atom stereocenters. The third kappa shape index (κ3) is 2.84. The van der Waals surface area contributed by atoms with Gasteiger partial charge in [0, 0.05) is 19.1 Å². The number of carbonyl (C=O) groups is 1. The van der Waals surface area contributed by atoms with Crippen LogP contribution in [-0.4, -0.2) is 37.0 Å². The Morgan fingerprint density at radius 3 is 2.44 bits per heavy atom. The Hall–Kier alpha value is -1.08. The monoisotopic (exact) mass is 249 g/mol. The molecule has 4 nitrogen and oxygen atoms in total. The van der Waals surface area contributed by atoms with Gasteiger partial charge in [-0.25, -0.2) is 0 Å². The van der Waals surface area contributed by atoms with Crippen LogP contribution in [0.3, 0.4) is 0 Å². The summed E-state index contributed by atoms with van der Waals surface area (Å²) >= 11 is 0. The molecule has 1 aliphatic carbocycles. The molecule has 0 aromatic rings. The van der Waals surface area contributed by atoms with Gasteiger partial charge in [0.1, 0.15) is 6.42 Å². The number of hydrogen-bond acceptors (Lipinski definition) is 3. The van der Waals surface area contributed by atoms with E-state index in [1.807, 2.05) is 18.0 Å². The number of piperidine rings is 1. The van der Waals surface area contributed by atoms with Crippen molar-refractivity contribution >= 4 is 5.91 Å². The molecular weight excluding hydrogens is 226 g/mol. The maximum Gasteiger partial charge on any atom is 0.236 e. The van der Waals surface area contributed by atoms with Gasteiger partial charge in [0.05, 0.1) is 6.07 Å². The minimum atomic E-state index is 0.0104. The summed E-state index contributed by atoms with van der Waals surface area (Å²) in [5.74, 6) is 0.0104. The summed E-state index contributed by atoms with van der Waals surface area (Å²) in [7, 11) is 2.05. The van der Waals surface area contributed by atoms with Crippen molar-refractivity contribution in [3.8, 4) is 6.07 Å². The van der Waals surface area contributed by atoms with Crippen LogP contribution < -0.4 is 5.32 Å². The van der Waals surface area contributed by atoms with E-state index in [0.717, 1.165) is 25.9 Å². The largest absolute Gasteiger partial charge is 0.342 e. The molecule has 4 heteroatoms. The summed E-state index contributed by atoms with van der Waals surface area (Å²) in [4.78, 5) is 13.5. The van der Waals surface area contributed by atoms with Crippen molar-refractivity contribution in [3.05, 3.63) is 0 Å². The van der Waals surface area contributed by atoms with Crippen LogP contribution in [0.1, 0.15) is 44.9 Å². The molecule has 1 aliphatic heterocycles. The molecular formula is C14H23N3O. The van der Waals surface area contributed by atoms with E-state index in [4.69, 9.17) is 5.26 Å². The molecule has 1 N–H and O–H groups in total. The van der Waals surface area contributed by atoms with E-state index in [0.29, 0.717) is 11.5 Å². The number of amides is 1. The second kappa shape index (κ2) is 5.71. The summed E-state index contributed by atoms with van der Waals surface area (Å²) in [6, 6.07) is 2.64. The summed E-state index contributed by atoms with van der Waals surface area (Å²) in [6.45, 7) is 1.70. The Morgan fingerprint density at radius 2 is 1.94 bits per heavy atom. The fourth-order valence-electron chi connectivity index (χ4n) is 3.43. The van der Waals surface area contributed by atoms with Crippen LogP contribution in [0, 0.1) is 16.7 Å². The van der Waals surface area contributed by atoms with Crippen molar-refractivity contribution in [2.24, 2.45) is 5.41 Å². The Bertz CT molecular complexity index is 329. The van der Waals surface area contributed by atoms with E-state index < -0.39 is 0 Å². The summed E-state index contributed by atoms with van der Waals surface area (Å²) in [5.41, 5.74) is 0.483. The van der Waals surface area contributed by atoms with Crippen LogP contribution in [-0.2, 0) is 4.79 Å². The Kier molecular flexibility index (Phi) is 4.23. The van der Waals surface area contributed by atoms with E-state index in [1.54, 1.807) is 0 Å². The molecule has 2 fully saturated rings. The summed E-state index contributed by atoms with van der Waals surface area (Å²) in [5, 5.41) is 11.9. The molecule has 1 saturated carbocycles. The molecule has 1 saturated heterocycles. The summed E-state index contributed by atoms with van der Waals surface area (Å²) in [6.07, 6.45) is 7.40. The lowest BCUT2D eigenvalue weighted by Gasteiger charge is -2.45. The number of likely N-dealkylation sites (tertiary alicyclic amines) is 1. The quantitative estimate of drug-likeness (QED) is 0.810. The fraction of sp³-hybridized carbons (Fsp3) is 0.857. The van der Waals surface area contributed by atoms with E-state index >= 15 is 0 Å². The molecule has 0 aromatic heterocycles. The lowest BCUT2D eigenvalue weighted by atomic mass is 9.67. The van der Waals surface area contributed by atoms with Crippen LogP contribution in [0.4, 0.5) is 0 Å². The highest BCUT2D eigenvalue weighted by molar-refractivity contribution is 5.78. The van der Waals surface area contributed by atoms with Gasteiger partial charge in [0.25, 0.3) is 0 Å². The second-order valence-corrected chi connectivity index (χ2v) is 5.78. The third-order valence-corrected chi connectivity index (χ3v) is 4.86. The maximum atomic E-state index is 11.7. The second-order valence-electron chi connectivity index (χ2n) is 5.78. The summed E-state index contributed by atoms with van der Waals surface area (Å²) < 4.78 is 0. The zero-order chi connectivity index (χ0) is 13.0.